The minimum Gasteiger partial charge on any atom is -0.368 e. The fraction of sp³-hybridized carbons (Fsp3) is 0. The van der Waals surface area contributed by atoms with Crippen LogP contribution in [-0.4, -0.2) is 21.4 Å². The summed E-state index contributed by atoms with van der Waals surface area (Å²) in [6.07, 6.45) is 1.59. The van der Waals surface area contributed by atoms with Crippen LogP contribution in [0.4, 0.5) is 11.9 Å². The molecular weight excluding hydrogens is 214 g/mol. The van der Waals surface area contributed by atoms with Gasteiger partial charge in [-0.3, -0.25) is 0 Å². The molecule has 0 fully saturated rings. The lowest BCUT2D eigenvalue weighted by atomic mass is 10.2. The average Bonchev–Trinajstić information content (AvgIpc) is 2.63. The second-order valence-electron chi connectivity index (χ2n) is 2.80. The second-order valence-corrected chi connectivity index (χ2v) is 3.21. The van der Waals surface area contributed by atoms with Crippen LogP contribution >= 0.6 is 11.6 Å². The van der Waals surface area contributed by atoms with Crippen molar-refractivity contribution in [2.24, 2.45) is 4.99 Å². The molecule has 1 aromatic carbocycles. The number of anilines is 1. The van der Waals surface area contributed by atoms with Crippen LogP contribution < -0.4 is 5.73 Å². The first-order valence-electron chi connectivity index (χ1n) is 4.22. The highest BCUT2D eigenvalue weighted by Gasteiger charge is 1.97. The number of nitrogens with one attached hydrogen (secondary N) is 1. The zero-order valence-corrected chi connectivity index (χ0v) is 8.44. The molecule has 1 heterocycles. The van der Waals surface area contributed by atoms with Crippen molar-refractivity contribution in [1.29, 1.82) is 0 Å². The number of hydrogen-bond acceptors (Lipinski definition) is 4. The average molecular weight is 222 g/mol. The van der Waals surface area contributed by atoms with Gasteiger partial charge in [-0.05, 0) is 6.07 Å². The van der Waals surface area contributed by atoms with Crippen LogP contribution in [0.5, 0.6) is 0 Å². The fourth-order valence-electron chi connectivity index (χ4n) is 1.03. The number of aromatic nitrogens is 3. The van der Waals surface area contributed by atoms with Gasteiger partial charge in [-0.2, -0.15) is 4.98 Å². The number of hydrogen-bond donors (Lipinski definition) is 2. The minimum atomic E-state index is 0.237. The van der Waals surface area contributed by atoms with E-state index >= 15 is 0 Å². The van der Waals surface area contributed by atoms with Gasteiger partial charge < -0.3 is 5.73 Å². The summed E-state index contributed by atoms with van der Waals surface area (Å²) in [6, 6.07) is 7.36. The highest BCUT2D eigenvalue weighted by molar-refractivity contribution is 6.33. The first-order valence-corrected chi connectivity index (χ1v) is 4.60. The Morgan fingerprint density at radius 3 is 2.87 bits per heavy atom. The summed E-state index contributed by atoms with van der Waals surface area (Å²) in [5, 5.41) is 6.88. The summed E-state index contributed by atoms with van der Waals surface area (Å²) in [5.41, 5.74) is 6.16. The zero-order chi connectivity index (χ0) is 10.7. The zero-order valence-electron chi connectivity index (χ0n) is 7.68. The fourth-order valence-corrected chi connectivity index (χ4v) is 1.21. The SMILES string of the molecule is Nc1nc(/N=C/c2ccccc2Cl)n[nH]1. The van der Waals surface area contributed by atoms with Gasteiger partial charge in [0, 0.05) is 16.8 Å². The second kappa shape index (κ2) is 4.10. The van der Waals surface area contributed by atoms with Gasteiger partial charge >= 0.3 is 0 Å². The maximum absolute atomic E-state index is 5.93. The van der Waals surface area contributed by atoms with E-state index in [1.54, 1.807) is 12.3 Å². The topological polar surface area (TPSA) is 79.9 Å². The van der Waals surface area contributed by atoms with E-state index in [0.717, 1.165) is 5.56 Å². The summed E-state index contributed by atoms with van der Waals surface area (Å²) in [4.78, 5) is 7.84. The Balaban J connectivity index is 2.22. The van der Waals surface area contributed by atoms with Crippen molar-refractivity contribution in [3.63, 3.8) is 0 Å². The summed E-state index contributed by atoms with van der Waals surface area (Å²) in [5.74, 6) is 0.522. The molecule has 0 unspecified atom stereocenters. The molecule has 0 aliphatic rings. The molecule has 0 spiro atoms. The van der Waals surface area contributed by atoms with Crippen molar-refractivity contribution in [2.45, 2.75) is 0 Å². The van der Waals surface area contributed by atoms with Crippen LogP contribution in [0.2, 0.25) is 5.02 Å². The van der Waals surface area contributed by atoms with Gasteiger partial charge in [0.05, 0.1) is 0 Å². The van der Waals surface area contributed by atoms with E-state index in [1.807, 2.05) is 18.2 Å². The predicted molar refractivity (Wildman–Crippen MR) is 59.5 cm³/mol. The molecule has 0 saturated heterocycles. The lowest BCUT2D eigenvalue weighted by molar-refractivity contribution is 1.09. The summed E-state index contributed by atoms with van der Waals surface area (Å²) >= 11 is 5.93. The Morgan fingerprint density at radius 2 is 2.20 bits per heavy atom. The van der Waals surface area contributed by atoms with Crippen molar-refractivity contribution >= 4 is 29.7 Å². The first kappa shape index (κ1) is 9.67. The predicted octanol–water partition coefficient (Wildman–Crippen LogP) is 1.79. The lowest BCUT2D eigenvalue weighted by Crippen LogP contribution is -1.84. The van der Waals surface area contributed by atoms with E-state index in [2.05, 4.69) is 20.2 Å². The largest absolute Gasteiger partial charge is 0.368 e. The van der Waals surface area contributed by atoms with Gasteiger partial charge in [0.1, 0.15) is 0 Å². The van der Waals surface area contributed by atoms with Gasteiger partial charge in [-0.25, -0.2) is 10.1 Å². The van der Waals surface area contributed by atoms with E-state index in [-0.39, 0.29) is 11.9 Å². The van der Waals surface area contributed by atoms with Gasteiger partial charge in [0.15, 0.2) is 0 Å². The molecule has 0 aliphatic heterocycles. The van der Waals surface area contributed by atoms with E-state index in [0.29, 0.717) is 5.02 Å². The van der Waals surface area contributed by atoms with Crippen molar-refractivity contribution in [3.8, 4) is 0 Å². The van der Waals surface area contributed by atoms with E-state index in [1.165, 1.54) is 0 Å². The third-order valence-corrected chi connectivity index (χ3v) is 2.06. The highest BCUT2D eigenvalue weighted by atomic mass is 35.5. The number of nitrogen functional groups attached to an aromatic ring is 1. The number of H-pyrrole nitrogens is 1. The Kier molecular flexibility index (Phi) is 2.64. The molecule has 6 heteroatoms. The molecule has 2 aromatic rings. The molecule has 0 radical (unpaired) electrons. The third kappa shape index (κ3) is 2.32. The quantitative estimate of drug-likeness (QED) is 0.759. The Hall–Kier alpha value is -1.88. The number of benzene rings is 1. The van der Waals surface area contributed by atoms with Crippen molar-refractivity contribution < 1.29 is 0 Å². The Bertz CT molecular complexity index is 491. The minimum absolute atomic E-state index is 0.237. The number of halogens is 1. The van der Waals surface area contributed by atoms with Crippen molar-refractivity contribution in [2.75, 3.05) is 5.73 Å². The molecule has 3 N–H and O–H groups in total. The van der Waals surface area contributed by atoms with Gasteiger partial charge in [0.25, 0.3) is 5.95 Å². The van der Waals surface area contributed by atoms with Crippen LogP contribution in [0.3, 0.4) is 0 Å². The molecule has 5 nitrogen and oxygen atoms in total. The molecule has 0 amide bonds. The number of rotatable bonds is 2. The molecule has 0 bridgehead atoms. The van der Waals surface area contributed by atoms with E-state index in [9.17, 15) is 0 Å². The Labute approximate surface area is 91.0 Å². The molecule has 0 atom stereocenters. The third-order valence-electron chi connectivity index (χ3n) is 1.72. The van der Waals surface area contributed by atoms with Crippen LogP contribution in [0.25, 0.3) is 0 Å². The van der Waals surface area contributed by atoms with Crippen molar-refractivity contribution in [1.82, 2.24) is 15.2 Å². The summed E-state index contributed by atoms with van der Waals surface area (Å²) in [6.45, 7) is 0. The Morgan fingerprint density at radius 1 is 1.40 bits per heavy atom. The standard InChI is InChI=1S/C9H8ClN5/c10-7-4-2-1-3-6(7)5-12-9-13-8(11)14-15-9/h1-5H,(H3,11,13,14,15)/b12-5+. The highest BCUT2D eigenvalue weighted by Crippen LogP contribution is 2.13. The molecule has 0 saturated carbocycles. The van der Waals surface area contributed by atoms with Gasteiger partial charge in [-0.15, -0.1) is 5.10 Å². The van der Waals surface area contributed by atoms with E-state index in [4.69, 9.17) is 17.3 Å². The lowest BCUT2D eigenvalue weighted by Gasteiger charge is -1.93. The van der Waals surface area contributed by atoms with Crippen LogP contribution in [0.15, 0.2) is 29.3 Å². The smallest absolute Gasteiger partial charge is 0.269 e. The van der Waals surface area contributed by atoms with Crippen LogP contribution in [-0.2, 0) is 0 Å². The maximum atomic E-state index is 5.93. The van der Waals surface area contributed by atoms with Crippen LogP contribution in [0, 0.1) is 0 Å². The van der Waals surface area contributed by atoms with Crippen molar-refractivity contribution in [3.05, 3.63) is 34.9 Å². The monoisotopic (exact) mass is 221 g/mol. The maximum Gasteiger partial charge on any atom is 0.269 e. The molecule has 76 valence electrons. The molecule has 15 heavy (non-hydrogen) atoms. The number of nitrogens with zero attached hydrogens (tertiary/aromatic N) is 3. The normalized spacial score (nSPS) is 11.0. The molecule has 0 aliphatic carbocycles. The number of aromatic amines is 1. The molecule has 2 rings (SSSR count). The van der Waals surface area contributed by atoms with E-state index < -0.39 is 0 Å². The van der Waals surface area contributed by atoms with Gasteiger partial charge in [-0.1, -0.05) is 29.8 Å². The summed E-state index contributed by atoms with van der Waals surface area (Å²) < 4.78 is 0. The van der Waals surface area contributed by atoms with Gasteiger partial charge in [0.2, 0.25) is 5.95 Å². The number of nitrogens with two attached hydrogens (primary N) is 1. The summed E-state index contributed by atoms with van der Waals surface area (Å²) in [7, 11) is 0. The first-order chi connectivity index (χ1) is 7.25. The molecular formula is C9H8ClN5. The number of aliphatic imine (C=N–C) groups is 1. The molecule has 1 aromatic heterocycles. The van der Waals surface area contributed by atoms with Crippen LogP contribution in [0.1, 0.15) is 5.56 Å².